The van der Waals surface area contributed by atoms with E-state index in [4.69, 9.17) is 0 Å². The molecule has 0 bridgehead atoms. The van der Waals surface area contributed by atoms with E-state index < -0.39 is 17.9 Å². The number of hydrogen-bond acceptors (Lipinski definition) is 5. The quantitative estimate of drug-likeness (QED) is 0.620. The van der Waals surface area contributed by atoms with Crippen LogP contribution in [0.3, 0.4) is 0 Å². The molecular weight excluding hydrogens is 290 g/mol. The zero-order chi connectivity index (χ0) is 12.8. The maximum Gasteiger partial charge on any atom is 0.320 e. The predicted molar refractivity (Wildman–Crippen MR) is 63.2 cm³/mol. The summed E-state index contributed by atoms with van der Waals surface area (Å²) < 4.78 is 9.94. The highest BCUT2D eigenvalue weighted by atomic mass is 79.9. The van der Waals surface area contributed by atoms with E-state index in [2.05, 4.69) is 30.4 Å². The Hall–Kier alpha value is -1.43. The van der Waals surface area contributed by atoms with Crippen molar-refractivity contribution < 1.29 is 19.1 Å². The first-order chi connectivity index (χ1) is 8.08. The summed E-state index contributed by atoms with van der Waals surface area (Å²) in [7, 11) is 2.46. The molecule has 0 spiro atoms. The Morgan fingerprint density at radius 3 is 2.29 bits per heavy atom. The van der Waals surface area contributed by atoms with Crippen LogP contribution in [0.2, 0.25) is 0 Å². The van der Waals surface area contributed by atoms with E-state index in [0.717, 1.165) is 4.47 Å². The number of rotatable bonds is 4. The van der Waals surface area contributed by atoms with Gasteiger partial charge in [0.1, 0.15) is 0 Å². The largest absolute Gasteiger partial charge is 0.468 e. The van der Waals surface area contributed by atoms with Crippen LogP contribution in [0.25, 0.3) is 0 Å². The maximum atomic E-state index is 11.4. The highest BCUT2D eigenvalue weighted by Crippen LogP contribution is 2.13. The van der Waals surface area contributed by atoms with Crippen molar-refractivity contribution in [2.75, 3.05) is 14.2 Å². The molecule has 0 fully saturated rings. The van der Waals surface area contributed by atoms with Crippen LogP contribution in [0.15, 0.2) is 22.8 Å². The van der Waals surface area contributed by atoms with E-state index in [0.29, 0.717) is 5.69 Å². The first kappa shape index (κ1) is 13.6. The number of methoxy groups -OCH3 is 2. The molecule has 92 valence electrons. The SMILES string of the molecule is COC(=O)C(Cc1ccc(Br)cn1)C(=O)OC. The van der Waals surface area contributed by atoms with E-state index in [1.54, 1.807) is 18.3 Å². The molecule has 0 aliphatic heterocycles. The number of halogens is 1. The summed E-state index contributed by atoms with van der Waals surface area (Å²) >= 11 is 3.25. The molecule has 17 heavy (non-hydrogen) atoms. The van der Waals surface area contributed by atoms with Crippen molar-refractivity contribution in [1.82, 2.24) is 4.98 Å². The van der Waals surface area contributed by atoms with Gasteiger partial charge in [-0.1, -0.05) is 0 Å². The van der Waals surface area contributed by atoms with Crippen LogP contribution in [0.4, 0.5) is 0 Å². The summed E-state index contributed by atoms with van der Waals surface area (Å²) in [5, 5.41) is 0. The summed E-state index contributed by atoms with van der Waals surface area (Å²) in [6.45, 7) is 0. The Morgan fingerprint density at radius 1 is 1.29 bits per heavy atom. The molecular formula is C11H12BrNO4. The number of esters is 2. The second kappa shape index (κ2) is 6.34. The van der Waals surface area contributed by atoms with Crippen LogP contribution in [-0.2, 0) is 25.5 Å². The number of carbonyl (C=O) groups excluding carboxylic acids is 2. The summed E-state index contributed by atoms with van der Waals surface area (Å²) in [6, 6.07) is 3.51. The Kier molecular flexibility index (Phi) is 5.09. The Labute approximate surface area is 107 Å². The van der Waals surface area contributed by atoms with Crippen LogP contribution in [0.5, 0.6) is 0 Å². The fourth-order valence-corrected chi connectivity index (χ4v) is 1.52. The molecule has 1 rings (SSSR count). The zero-order valence-corrected chi connectivity index (χ0v) is 11.1. The van der Waals surface area contributed by atoms with Gasteiger partial charge in [-0.25, -0.2) is 0 Å². The molecule has 0 aromatic carbocycles. The number of carbonyl (C=O) groups is 2. The summed E-state index contributed by atoms with van der Waals surface area (Å²) in [5.41, 5.74) is 0.619. The second-order valence-corrected chi connectivity index (χ2v) is 4.19. The van der Waals surface area contributed by atoms with Crippen LogP contribution < -0.4 is 0 Å². The lowest BCUT2D eigenvalue weighted by Gasteiger charge is -2.11. The standard InChI is InChI=1S/C11H12BrNO4/c1-16-10(14)9(11(15)17-2)5-8-4-3-7(12)6-13-8/h3-4,6,9H,5H2,1-2H3. The lowest BCUT2D eigenvalue weighted by molar-refractivity contribution is -0.158. The molecule has 0 radical (unpaired) electrons. The summed E-state index contributed by atoms with van der Waals surface area (Å²) in [6.07, 6.45) is 1.76. The average molecular weight is 302 g/mol. The van der Waals surface area contributed by atoms with Gasteiger partial charge in [0.25, 0.3) is 0 Å². The van der Waals surface area contributed by atoms with E-state index in [9.17, 15) is 9.59 Å². The van der Waals surface area contributed by atoms with Crippen LogP contribution in [-0.4, -0.2) is 31.1 Å². The zero-order valence-electron chi connectivity index (χ0n) is 9.47. The van der Waals surface area contributed by atoms with Gasteiger partial charge in [-0.15, -0.1) is 0 Å². The maximum absolute atomic E-state index is 11.4. The molecule has 1 aromatic rings. The minimum Gasteiger partial charge on any atom is -0.468 e. The van der Waals surface area contributed by atoms with Crippen molar-refractivity contribution in [3.63, 3.8) is 0 Å². The van der Waals surface area contributed by atoms with Gasteiger partial charge in [0.2, 0.25) is 0 Å². The number of nitrogens with zero attached hydrogens (tertiary/aromatic N) is 1. The molecule has 5 nitrogen and oxygen atoms in total. The van der Waals surface area contributed by atoms with E-state index in [-0.39, 0.29) is 6.42 Å². The Morgan fingerprint density at radius 2 is 1.88 bits per heavy atom. The summed E-state index contributed by atoms with van der Waals surface area (Å²) in [4.78, 5) is 26.9. The Balaban J connectivity index is 2.82. The number of ether oxygens (including phenoxy) is 2. The Bertz CT molecular complexity index is 388. The van der Waals surface area contributed by atoms with Gasteiger partial charge in [-0.2, -0.15) is 0 Å². The van der Waals surface area contributed by atoms with Crippen LogP contribution >= 0.6 is 15.9 Å². The first-order valence-electron chi connectivity index (χ1n) is 4.84. The van der Waals surface area contributed by atoms with Crippen molar-refractivity contribution in [3.05, 3.63) is 28.5 Å². The molecule has 0 saturated heterocycles. The number of aromatic nitrogens is 1. The normalized spacial score (nSPS) is 10.1. The predicted octanol–water partition coefficient (Wildman–Crippen LogP) is 1.35. The lowest BCUT2D eigenvalue weighted by atomic mass is 10.0. The van der Waals surface area contributed by atoms with Crippen LogP contribution in [0, 0.1) is 5.92 Å². The average Bonchev–Trinajstić information content (AvgIpc) is 2.36. The molecule has 0 saturated carbocycles. The fraction of sp³-hybridized carbons (Fsp3) is 0.364. The number of hydrogen-bond donors (Lipinski definition) is 0. The smallest absolute Gasteiger partial charge is 0.320 e. The van der Waals surface area contributed by atoms with Gasteiger partial charge in [-0.3, -0.25) is 14.6 Å². The topological polar surface area (TPSA) is 65.5 Å². The molecule has 0 amide bonds. The van der Waals surface area contributed by atoms with E-state index in [1.807, 2.05) is 0 Å². The molecule has 0 atom stereocenters. The van der Waals surface area contributed by atoms with Gasteiger partial charge in [0.05, 0.1) is 14.2 Å². The third-order valence-electron chi connectivity index (χ3n) is 2.17. The second-order valence-electron chi connectivity index (χ2n) is 3.27. The van der Waals surface area contributed by atoms with E-state index >= 15 is 0 Å². The molecule has 0 unspecified atom stereocenters. The monoisotopic (exact) mass is 301 g/mol. The highest BCUT2D eigenvalue weighted by Gasteiger charge is 2.29. The molecule has 1 heterocycles. The number of pyridine rings is 1. The minimum atomic E-state index is -0.973. The van der Waals surface area contributed by atoms with Gasteiger partial charge in [0.15, 0.2) is 5.92 Å². The van der Waals surface area contributed by atoms with Gasteiger partial charge in [-0.05, 0) is 28.1 Å². The van der Waals surface area contributed by atoms with Crippen molar-refractivity contribution in [3.8, 4) is 0 Å². The van der Waals surface area contributed by atoms with Crippen LogP contribution in [0.1, 0.15) is 5.69 Å². The van der Waals surface area contributed by atoms with Crippen molar-refractivity contribution in [2.24, 2.45) is 5.92 Å². The van der Waals surface area contributed by atoms with Gasteiger partial charge >= 0.3 is 11.9 Å². The minimum absolute atomic E-state index is 0.159. The van der Waals surface area contributed by atoms with Crippen molar-refractivity contribution in [2.45, 2.75) is 6.42 Å². The molecule has 0 N–H and O–H groups in total. The van der Waals surface area contributed by atoms with E-state index in [1.165, 1.54) is 14.2 Å². The third kappa shape index (κ3) is 3.81. The fourth-order valence-electron chi connectivity index (χ4n) is 1.28. The van der Waals surface area contributed by atoms with Gasteiger partial charge in [0, 0.05) is 22.8 Å². The molecule has 6 heteroatoms. The summed E-state index contributed by atoms with van der Waals surface area (Å²) in [5.74, 6) is -2.22. The molecule has 0 aliphatic carbocycles. The third-order valence-corrected chi connectivity index (χ3v) is 2.64. The van der Waals surface area contributed by atoms with Crippen molar-refractivity contribution in [1.29, 1.82) is 0 Å². The van der Waals surface area contributed by atoms with Gasteiger partial charge < -0.3 is 9.47 Å². The first-order valence-corrected chi connectivity index (χ1v) is 5.64. The highest BCUT2D eigenvalue weighted by molar-refractivity contribution is 9.10. The lowest BCUT2D eigenvalue weighted by Crippen LogP contribution is -2.28. The van der Waals surface area contributed by atoms with Crippen molar-refractivity contribution >= 4 is 27.9 Å². The molecule has 1 aromatic heterocycles. The molecule has 0 aliphatic rings.